The summed E-state index contributed by atoms with van der Waals surface area (Å²) < 4.78 is 0. The maximum absolute atomic E-state index is 5.09. The molecule has 0 rings (SSSR count). The van der Waals surface area contributed by atoms with E-state index in [9.17, 15) is 0 Å². The average Bonchev–Trinajstić information content (AvgIpc) is 1.38. The zero-order chi connectivity index (χ0) is 4.28. The van der Waals surface area contributed by atoms with Crippen LogP contribution in [0.3, 0.4) is 0 Å². The summed E-state index contributed by atoms with van der Waals surface area (Å²) in [6.45, 7) is 4.12. The third-order valence-corrected chi connectivity index (χ3v) is 0.816. The lowest BCUT2D eigenvalue weighted by molar-refractivity contribution is 1.11. The first-order valence-electron chi connectivity index (χ1n) is 1.63. The molecule has 0 radical (unpaired) electrons. The van der Waals surface area contributed by atoms with E-state index < -0.39 is 0 Å². The van der Waals surface area contributed by atoms with Crippen LogP contribution in [-0.4, -0.2) is 5.25 Å². The molecular formula is C3H9NS. The van der Waals surface area contributed by atoms with Gasteiger partial charge < -0.3 is 0 Å². The minimum atomic E-state index is 0.579. The lowest BCUT2D eigenvalue weighted by Gasteiger charge is -1.90. The Hall–Kier alpha value is 0.310. The van der Waals surface area contributed by atoms with Crippen LogP contribution in [0, 0.1) is 0 Å². The van der Waals surface area contributed by atoms with Gasteiger partial charge >= 0.3 is 0 Å². The van der Waals surface area contributed by atoms with Gasteiger partial charge in [-0.25, -0.2) is 0 Å². The summed E-state index contributed by atoms with van der Waals surface area (Å²) in [5.74, 6) is 0. The van der Waals surface area contributed by atoms with E-state index in [1.54, 1.807) is 0 Å². The monoisotopic (exact) mass is 91.0 g/mol. The third kappa shape index (κ3) is 4.31. The van der Waals surface area contributed by atoms with Crippen molar-refractivity contribution in [1.82, 2.24) is 0 Å². The predicted octanol–water partition coefficient (Wildman–Crippen LogP) is 1.00. The SMILES string of the molecule is CC(C)SN. The van der Waals surface area contributed by atoms with Gasteiger partial charge in [0.25, 0.3) is 0 Å². The van der Waals surface area contributed by atoms with Crippen molar-refractivity contribution in [1.29, 1.82) is 0 Å². The average molecular weight is 91.2 g/mol. The molecule has 0 aliphatic heterocycles. The standard InChI is InChI=1S/C3H9NS/c1-3(2)5-4/h3H,4H2,1-2H3. The van der Waals surface area contributed by atoms with Crippen LogP contribution in [-0.2, 0) is 0 Å². The molecule has 0 aliphatic rings. The molecule has 0 unspecified atom stereocenters. The summed E-state index contributed by atoms with van der Waals surface area (Å²) in [4.78, 5) is 0. The molecule has 2 N–H and O–H groups in total. The van der Waals surface area contributed by atoms with E-state index in [1.165, 1.54) is 11.9 Å². The van der Waals surface area contributed by atoms with Gasteiger partial charge in [-0.2, -0.15) is 0 Å². The fourth-order valence-electron chi connectivity index (χ4n) is 0. The summed E-state index contributed by atoms with van der Waals surface area (Å²) in [5, 5.41) is 5.67. The molecule has 1 nitrogen and oxygen atoms in total. The summed E-state index contributed by atoms with van der Waals surface area (Å²) in [6.07, 6.45) is 0. The maximum Gasteiger partial charge on any atom is 0.0134 e. The minimum Gasteiger partial charge on any atom is -0.278 e. The molecule has 2 heteroatoms. The van der Waals surface area contributed by atoms with E-state index in [4.69, 9.17) is 5.14 Å². The number of hydrogen-bond acceptors (Lipinski definition) is 2. The van der Waals surface area contributed by atoms with Crippen molar-refractivity contribution in [2.75, 3.05) is 0 Å². The fourth-order valence-corrected chi connectivity index (χ4v) is 0. The zero-order valence-corrected chi connectivity index (χ0v) is 4.38. The molecule has 0 saturated carbocycles. The van der Waals surface area contributed by atoms with E-state index in [0.29, 0.717) is 5.25 Å². The first-order valence-corrected chi connectivity index (χ1v) is 2.57. The summed E-state index contributed by atoms with van der Waals surface area (Å²) in [6, 6.07) is 0. The summed E-state index contributed by atoms with van der Waals surface area (Å²) >= 11 is 1.38. The molecule has 5 heavy (non-hydrogen) atoms. The lowest BCUT2D eigenvalue weighted by Crippen LogP contribution is -1.90. The van der Waals surface area contributed by atoms with Crippen LogP contribution in [0.25, 0.3) is 0 Å². The Labute approximate surface area is 37.1 Å². The Bertz CT molecular complexity index is 20.9. The first kappa shape index (κ1) is 5.31. The topological polar surface area (TPSA) is 26.0 Å². The van der Waals surface area contributed by atoms with Gasteiger partial charge in [-0.1, -0.05) is 25.8 Å². The van der Waals surface area contributed by atoms with Crippen molar-refractivity contribution >= 4 is 11.9 Å². The predicted molar refractivity (Wildman–Crippen MR) is 26.9 cm³/mol. The van der Waals surface area contributed by atoms with Crippen molar-refractivity contribution < 1.29 is 0 Å². The molecule has 0 atom stereocenters. The lowest BCUT2D eigenvalue weighted by atomic mass is 10.6. The largest absolute Gasteiger partial charge is 0.278 e. The Kier molecular flexibility index (Phi) is 2.70. The first-order chi connectivity index (χ1) is 2.27. The fraction of sp³-hybridized carbons (Fsp3) is 1.00. The van der Waals surface area contributed by atoms with Crippen molar-refractivity contribution in [3.63, 3.8) is 0 Å². The summed E-state index contributed by atoms with van der Waals surface area (Å²) in [7, 11) is 0. The van der Waals surface area contributed by atoms with Gasteiger partial charge in [-0.3, -0.25) is 5.14 Å². The van der Waals surface area contributed by atoms with Gasteiger partial charge in [0, 0.05) is 5.25 Å². The highest BCUT2D eigenvalue weighted by Gasteiger charge is 1.80. The Balaban J connectivity index is 2.54. The third-order valence-electron chi connectivity index (χ3n) is 0.272. The van der Waals surface area contributed by atoms with Crippen molar-refractivity contribution in [3.05, 3.63) is 0 Å². The molecule has 0 aromatic rings. The zero-order valence-electron chi connectivity index (χ0n) is 3.56. The van der Waals surface area contributed by atoms with Gasteiger partial charge in [-0.15, -0.1) is 0 Å². The molecule has 0 aromatic heterocycles. The van der Waals surface area contributed by atoms with E-state index in [2.05, 4.69) is 13.8 Å². The highest BCUT2D eigenvalue weighted by molar-refractivity contribution is 7.97. The van der Waals surface area contributed by atoms with E-state index in [-0.39, 0.29) is 0 Å². The quantitative estimate of drug-likeness (QED) is 0.487. The summed E-state index contributed by atoms with van der Waals surface area (Å²) in [5.41, 5.74) is 0. The second kappa shape index (κ2) is 2.54. The van der Waals surface area contributed by atoms with Crippen molar-refractivity contribution in [2.45, 2.75) is 19.1 Å². The number of rotatable bonds is 1. The molecule has 0 bridgehead atoms. The Morgan fingerprint density at radius 2 is 1.80 bits per heavy atom. The van der Waals surface area contributed by atoms with Gasteiger partial charge in [0.15, 0.2) is 0 Å². The molecule has 0 aliphatic carbocycles. The van der Waals surface area contributed by atoms with Crippen molar-refractivity contribution in [2.24, 2.45) is 5.14 Å². The smallest absolute Gasteiger partial charge is 0.0134 e. The van der Waals surface area contributed by atoms with Crippen LogP contribution in [0.1, 0.15) is 13.8 Å². The van der Waals surface area contributed by atoms with Crippen LogP contribution in [0.5, 0.6) is 0 Å². The van der Waals surface area contributed by atoms with Crippen LogP contribution < -0.4 is 5.14 Å². The normalized spacial score (nSPS) is 9.60. The van der Waals surface area contributed by atoms with Gasteiger partial charge in [0.1, 0.15) is 0 Å². The van der Waals surface area contributed by atoms with E-state index in [0.717, 1.165) is 0 Å². The molecule has 32 valence electrons. The Morgan fingerprint density at radius 3 is 1.80 bits per heavy atom. The van der Waals surface area contributed by atoms with Crippen molar-refractivity contribution in [3.8, 4) is 0 Å². The molecule has 0 fully saturated rings. The maximum atomic E-state index is 5.09. The van der Waals surface area contributed by atoms with Gasteiger partial charge in [0.05, 0.1) is 0 Å². The van der Waals surface area contributed by atoms with Crippen LogP contribution in [0.15, 0.2) is 0 Å². The molecule has 0 heterocycles. The Morgan fingerprint density at radius 1 is 1.60 bits per heavy atom. The molecule has 0 aromatic carbocycles. The highest BCUT2D eigenvalue weighted by Crippen LogP contribution is 1.95. The molecular weight excluding hydrogens is 82.1 g/mol. The second-order valence-electron chi connectivity index (χ2n) is 1.18. The minimum absolute atomic E-state index is 0.579. The highest BCUT2D eigenvalue weighted by atomic mass is 32.2. The molecule has 0 spiro atoms. The molecule has 0 saturated heterocycles. The van der Waals surface area contributed by atoms with Gasteiger partial charge in [0.2, 0.25) is 0 Å². The van der Waals surface area contributed by atoms with Crippen LogP contribution in [0.4, 0.5) is 0 Å². The second-order valence-corrected chi connectivity index (χ2v) is 2.40. The van der Waals surface area contributed by atoms with E-state index in [1.807, 2.05) is 0 Å². The van der Waals surface area contributed by atoms with E-state index >= 15 is 0 Å². The van der Waals surface area contributed by atoms with Gasteiger partial charge in [-0.05, 0) is 0 Å². The number of nitrogens with two attached hydrogens (primary N) is 1. The number of hydrogen-bond donors (Lipinski definition) is 1. The van der Waals surface area contributed by atoms with Crippen LogP contribution in [0.2, 0.25) is 0 Å². The van der Waals surface area contributed by atoms with Crippen LogP contribution >= 0.6 is 11.9 Å². The molecule has 0 amide bonds.